The molecule has 1 aromatic carbocycles. The minimum absolute atomic E-state index is 0.0345. The van der Waals surface area contributed by atoms with Gasteiger partial charge in [-0.1, -0.05) is 6.42 Å². The van der Waals surface area contributed by atoms with Crippen LogP contribution in [0.1, 0.15) is 25.1 Å². The van der Waals surface area contributed by atoms with Crippen LogP contribution in [0.3, 0.4) is 0 Å². The predicted octanol–water partition coefficient (Wildman–Crippen LogP) is 2.34. The molecule has 4 rings (SSSR count). The second-order valence-electron chi connectivity index (χ2n) is 6.55. The lowest BCUT2D eigenvalue weighted by Crippen LogP contribution is -2.12. The molecule has 3 heterocycles. The Hall–Kier alpha value is -2.75. The summed E-state index contributed by atoms with van der Waals surface area (Å²) in [7, 11) is -2.18. The van der Waals surface area contributed by atoms with Crippen molar-refractivity contribution >= 4 is 15.7 Å². The SMILES string of the molecule is Cn1cc(S(=O)(=O)Nc2ccc(F)c(-c3nnc4n3CCCCC4)c2)cn1. The molecule has 1 aliphatic rings. The highest BCUT2D eigenvalue weighted by Crippen LogP contribution is 2.28. The Morgan fingerprint density at radius 2 is 2.04 bits per heavy atom. The molecule has 142 valence electrons. The number of halogens is 1. The first-order valence-corrected chi connectivity index (χ1v) is 10.2. The maximum absolute atomic E-state index is 14.5. The summed E-state index contributed by atoms with van der Waals surface area (Å²) in [5.74, 6) is 0.786. The monoisotopic (exact) mass is 390 g/mol. The second-order valence-corrected chi connectivity index (χ2v) is 8.23. The highest BCUT2D eigenvalue weighted by molar-refractivity contribution is 7.92. The van der Waals surface area contributed by atoms with Crippen molar-refractivity contribution < 1.29 is 12.8 Å². The van der Waals surface area contributed by atoms with Gasteiger partial charge in [-0.25, -0.2) is 12.8 Å². The van der Waals surface area contributed by atoms with Gasteiger partial charge in [0.05, 0.1) is 11.8 Å². The average molecular weight is 390 g/mol. The third kappa shape index (κ3) is 3.44. The molecule has 0 saturated carbocycles. The van der Waals surface area contributed by atoms with E-state index in [0.717, 1.165) is 38.1 Å². The summed E-state index contributed by atoms with van der Waals surface area (Å²) in [6, 6.07) is 4.06. The van der Waals surface area contributed by atoms with Gasteiger partial charge in [-0.2, -0.15) is 5.10 Å². The third-order valence-electron chi connectivity index (χ3n) is 4.56. The fraction of sp³-hybridized carbons (Fsp3) is 0.353. The van der Waals surface area contributed by atoms with Crippen LogP contribution in [-0.4, -0.2) is 33.0 Å². The Kier molecular flexibility index (Phi) is 4.42. The van der Waals surface area contributed by atoms with Crippen molar-refractivity contribution in [1.82, 2.24) is 24.5 Å². The molecule has 0 aliphatic carbocycles. The molecule has 27 heavy (non-hydrogen) atoms. The maximum atomic E-state index is 14.5. The lowest BCUT2D eigenvalue weighted by Gasteiger charge is -2.11. The lowest BCUT2D eigenvalue weighted by atomic mass is 10.1. The zero-order valence-corrected chi connectivity index (χ0v) is 15.6. The van der Waals surface area contributed by atoms with Gasteiger partial charge < -0.3 is 4.57 Å². The number of anilines is 1. The smallest absolute Gasteiger partial charge is 0.265 e. The van der Waals surface area contributed by atoms with Gasteiger partial charge >= 0.3 is 0 Å². The molecule has 1 aliphatic heterocycles. The molecular weight excluding hydrogens is 371 g/mol. The van der Waals surface area contributed by atoms with E-state index in [4.69, 9.17) is 0 Å². The van der Waals surface area contributed by atoms with E-state index >= 15 is 0 Å². The van der Waals surface area contributed by atoms with E-state index in [0.29, 0.717) is 5.82 Å². The Labute approximate surface area is 156 Å². The molecule has 2 aromatic heterocycles. The summed E-state index contributed by atoms with van der Waals surface area (Å²) >= 11 is 0. The van der Waals surface area contributed by atoms with Crippen molar-refractivity contribution in [2.45, 2.75) is 37.1 Å². The molecule has 0 amide bonds. The number of nitrogens with one attached hydrogen (secondary N) is 1. The van der Waals surface area contributed by atoms with E-state index in [1.165, 1.54) is 35.3 Å². The Bertz CT molecular complexity index is 1090. The molecule has 8 nitrogen and oxygen atoms in total. The van der Waals surface area contributed by atoms with Crippen molar-refractivity contribution in [2.24, 2.45) is 7.05 Å². The van der Waals surface area contributed by atoms with Crippen LogP contribution >= 0.6 is 0 Å². The van der Waals surface area contributed by atoms with Crippen molar-refractivity contribution in [1.29, 1.82) is 0 Å². The highest BCUT2D eigenvalue weighted by Gasteiger charge is 2.21. The van der Waals surface area contributed by atoms with Gasteiger partial charge in [0, 0.05) is 31.9 Å². The van der Waals surface area contributed by atoms with Crippen LogP contribution in [0.5, 0.6) is 0 Å². The number of sulfonamides is 1. The predicted molar refractivity (Wildman–Crippen MR) is 97.0 cm³/mol. The standard InChI is InChI=1S/C17H19FN6O2S/c1-23-11-13(10-19-23)27(25,26)22-12-6-7-15(18)14(9-12)17-21-20-16-5-3-2-4-8-24(16)17/h6-7,9-11,22H,2-5,8H2,1H3. The van der Waals surface area contributed by atoms with Crippen LogP contribution in [-0.2, 0) is 30.0 Å². The topological polar surface area (TPSA) is 94.7 Å². The zero-order valence-electron chi connectivity index (χ0n) is 14.8. The van der Waals surface area contributed by atoms with Crippen LogP contribution in [0, 0.1) is 5.82 Å². The van der Waals surface area contributed by atoms with Gasteiger partial charge in [0.15, 0.2) is 5.82 Å². The van der Waals surface area contributed by atoms with Crippen LogP contribution in [0.4, 0.5) is 10.1 Å². The summed E-state index contributed by atoms with van der Waals surface area (Å²) in [6.45, 7) is 0.725. The number of hydrogen-bond acceptors (Lipinski definition) is 5. The molecule has 0 saturated heterocycles. The first-order valence-electron chi connectivity index (χ1n) is 8.67. The minimum atomic E-state index is -3.81. The van der Waals surface area contributed by atoms with Gasteiger partial charge in [0.25, 0.3) is 10.0 Å². The number of aromatic nitrogens is 5. The Morgan fingerprint density at radius 1 is 1.19 bits per heavy atom. The van der Waals surface area contributed by atoms with Crippen LogP contribution in [0.15, 0.2) is 35.5 Å². The summed E-state index contributed by atoms with van der Waals surface area (Å²) < 4.78 is 45.2. The average Bonchev–Trinajstić information content (AvgIpc) is 3.17. The van der Waals surface area contributed by atoms with E-state index < -0.39 is 15.8 Å². The van der Waals surface area contributed by atoms with E-state index in [9.17, 15) is 12.8 Å². The van der Waals surface area contributed by atoms with Gasteiger partial charge in [0.1, 0.15) is 16.5 Å². The van der Waals surface area contributed by atoms with Gasteiger partial charge in [0.2, 0.25) is 0 Å². The van der Waals surface area contributed by atoms with Crippen molar-refractivity contribution in [3.05, 3.63) is 42.2 Å². The van der Waals surface area contributed by atoms with Crippen LogP contribution < -0.4 is 4.72 Å². The lowest BCUT2D eigenvalue weighted by molar-refractivity contribution is 0.600. The fourth-order valence-electron chi connectivity index (χ4n) is 3.20. The van der Waals surface area contributed by atoms with E-state index in [-0.39, 0.29) is 16.1 Å². The summed E-state index contributed by atoms with van der Waals surface area (Å²) in [4.78, 5) is 0.0345. The molecule has 10 heteroatoms. The highest BCUT2D eigenvalue weighted by atomic mass is 32.2. The third-order valence-corrected chi connectivity index (χ3v) is 5.90. The Morgan fingerprint density at radius 3 is 2.81 bits per heavy atom. The van der Waals surface area contributed by atoms with Crippen LogP contribution in [0.25, 0.3) is 11.4 Å². The number of nitrogens with zero attached hydrogens (tertiary/aromatic N) is 5. The molecule has 0 bridgehead atoms. The van der Waals surface area contributed by atoms with Gasteiger partial charge in [-0.15, -0.1) is 10.2 Å². The number of benzene rings is 1. The zero-order chi connectivity index (χ0) is 19.0. The number of rotatable bonds is 4. The molecular formula is C17H19FN6O2S. The number of hydrogen-bond donors (Lipinski definition) is 1. The molecule has 0 unspecified atom stereocenters. The number of fused-ring (bicyclic) bond motifs is 1. The normalized spacial score (nSPS) is 14.6. The van der Waals surface area contributed by atoms with Crippen molar-refractivity contribution in [3.63, 3.8) is 0 Å². The quantitative estimate of drug-likeness (QED) is 0.738. The fourth-order valence-corrected chi connectivity index (χ4v) is 4.23. The first-order chi connectivity index (χ1) is 12.9. The molecule has 1 N–H and O–H groups in total. The van der Waals surface area contributed by atoms with E-state index in [2.05, 4.69) is 20.0 Å². The van der Waals surface area contributed by atoms with Crippen molar-refractivity contribution in [3.8, 4) is 11.4 Å². The van der Waals surface area contributed by atoms with E-state index in [1.807, 2.05) is 4.57 Å². The molecule has 0 atom stereocenters. The summed E-state index contributed by atoms with van der Waals surface area (Å²) in [5, 5.41) is 12.2. The maximum Gasteiger partial charge on any atom is 0.265 e. The minimum Gasteiger partial charge on any atom is -0.311 e. The van der Waals surface area contributed by atoms with Crippen LogP contribution in [0.2, 0.25) is 0 Å². The molecule has 0 spiro atoms. The Balaban J connectivity index is 1.70. The van der Waals surface area contributed by atoms with Gasteiger partial charge in [-0.3, -0.25) is 9.40 Å². The largest absolute Gasteiger partial charge is 0.311 e. The number of aryl methyl sites for hydroxylation is 2. The second kappa shape index (κ2) is 6.76. The summed E-state index contributed by atoms with van der Waals surface area (Å²) in [6.07, 6.45) is 6.56. The molecule has 0 fully saturated rings. The molecule has 3 aromatic rings. The molecule has 0 radical (unpaired) electrons. The van der Waals surface area contributed by atoms with E-state index in [1.54, 1.807) is 7.05 Å². The first kappa shape index (κ1) is 17.7. The summed E-state index contributed by atoms with van der Waals surface area (Å²) in [5.41, 5.74) is 0.475. The van der Waals surface area contributed by atoms with Gasteiger partial charge in [-0.05, 0) is 31.0 Å². The van der Waals surface area contributed by atoms with Crippen molar-refractivity contribution in [2.75, 3.05) is 4.72 Å².